The van der Waals surface area contributed by atoms with Crippen LogP contribution in [0.2, 0.25) is 0 Å². The van der Waals surface area contributed by atoms with Gasteiger partial charge in [-0.2, -0.15) is 5.10 Å². The number of pyridine rings is 1. The van der Waals surface area contributed by atoms with Gasteiger partial charge in [0.1, 0.15) is 5.75 Å². The summed E-state index contributed by atoms with van der Waals surface area (Å²) in [4.78, 5) is 24.7. The number of hydrogen-bond acceptors (Lipinski definition) is 6. The molecule has 0 atom stereocenters. The third-order valence-electron chi connectivity index (χ3n) is 4.33. The second-order valence-electron chi connectivity index (χ2n) is 6.83. The van der Waals surface area contributed by atoms with Crippen LogP contribution in [-0.4, -0.2) is 30.8 Å². The van der Waals surface area contributed by atoms with Crippen LogP contribution < -0.4 is 15.4 Å². The van der Waals surface area contributed by atoms with Gasteiger partial charge in [-0.15, -0.1) is 0 Å². The first-order valence-electron chi connectivity index (χ1n) is 9.65. The van der Waals surface area contributed by atoms with E-state index in [0.29, 0.717) is 18.0 Å². The fourth-order valence-electron chi connectivity index (χ4n) is 2.95. The molecule has 0 aliphatic rings. The van der Waals surface area contributed by atoms with Crippen LogP contribution in [0.4, 0.5) is 10.5 Å². The number of aryl methyl sites for hydroxylation is 2. The minimum Gasteiger partial charge on any atom is -0.424 e. The Hall–Kier alpha value is -4.27. The van der Waals surface area contributed by atoms with Crippen molar-refractivity contribution in [1.29, 1.82) is 0 Å². The number of benzene rings is 1. The molecule has 1 aromatic carbocycles. The zero-order valence-electron chi connectivity index (χ0n) is 17.1. The van der Waals surface area contributed by atoms with Crippen molar-refractivity contribution >= 4 is 11.7 Å². The topological polar surface area (TPSA) is 107 Å². The number of ether oxygens (including phenoxy) is 1. The van der Waals surface area contributed by atoms with E-state index in [0.717, 1.165) is 22.8 Å². The SMILES string of the molecule is Cc1cc(C)n(-c2ccc(CNC(=O)Nc3cccc(Oc4ncccn4)c3)cn2)n1. The van der Waals surface area contributed by atoms with Crippen molar-refractivity contribution in [3.8, 4) is 17.6 Å². The number of nitrogens with one attached hydrogen (secondary N) is 2. The van der Waals surface area contributed by atoms with E-state index < -0.39 is 0 Å². The standard InChI is InChI=1S/C22H21N7O2/c1-15-11-16(2)29(28-15)20-8-7-17(13-25-20)14-26-21(30)27-18-5-3-6-19(12-18)31-22-23-9-4-10-24-22/h3-13H,14H2,1-2H3,(H2,26,27,30). The maximum atomic E-state index is 12.3. The minimum absolute atomic E-state index is 0.237. The molecule has 4 rings (SSSR count). The van der Waals surface area contributed by atoms with Crippen LogP contribution in [0.15, 0.2) is 67.1 Å². The van der Waals surface area contributed by atoms with Crippen molar-refractivity contribution in [3.05, 3.63) is 84.1 Å². The quantitative estimate of drug-likeness (QED) is 0.496. The molecule has 0 saturated carbocycles. The monoisotopic (exact) mass is 415 g/mol. The zero-order valence-corrected chi connectivity index (χ0v) is 17.1. The van der Waals surface area contributed by atoms with Crippen LogP contribution in [0.5, 0.6) is 11.8 Å². The lowest BCUT2D eigenvalue weighted by Crippen LogP contribution is -2.28. The predicted molar refractivity (Wildman–Crippen MR) is 115 cm³/mol. The molecule has 31 heavy (non-hydrogen) atoms. The number of rotatable bonds is 6. The smallest absolute Gasteiger partial charge is 0.321 e. The van der Waals surface area contributed by atoms with Crippen LogP contribution in [0, 0.1) is 13.8 Å². The molecule has 2 N–H and O–H groups in total. The second-order valence-corrected chi connectivity index (χ2v) is 6.83. The van der Waals surface area contributed by atoms with E-state index in [1.54, 1.807) is 53.6 Å². The molecular weight excluding hydrogens is 394 g/mol. The highest BCUT2D eigenvalue weighted by molar-refractivity contribution is 5.89. The summed E-state index contributed by atoms with van der Waals surface area (Å²) in [7, 11) is 0. The largest absolute Gasteiger partial charge is 0.424 e. The maximum absolute atomic E-state index is 12.3. The maximum Gasteiger partial charge on any atom is 0.321 e. The van der Waals surface area contributed by atoms with Crippen LogP contribution in [0.1, 0.15) is 17.0 Å². The molecule has 0 saturated heterocycles. The van der Waals surface area contributed by atoms with Crippen LogP contribution >= 0.6 is 0 Å². The minimum atomic E-state index is -0.337. The molecule has 3 aromatic heterocycles. The third-order valence-corrected chi connectivity index (χ3v) is 4.33. The molecular formula is C22H21N7O2. The number of hydrogen-bond donors (Lipinski definition) is 2. The van der Waals surface area contributed by atoms with Crippen molar-refractivity contribution in [2.75, 3.05) is 5.32 Å². The van der Waals surface area contributed by atoms with Gasteiger partial charge in [0.15, 0.2) is 5.82 Å². The van der Waals surface area contributed by atoms with Gasteiger partial charge < -0.3 is 15.4 Å². The number of anilines is 1. The van der Waals surface area contributed by atoms with Gasteiger partial charge in [0, 0.05) is 42.6 Å². The highest BCUT2D eigenvalue weighted by Gasteiger charge is 2.07. The molecule has 0 radical (unpaired) electrons. The highest BCUT2D eigenvalue weighted by Crippen LogP contribution is 2.21. The van der Waals surface area contributed by atoms with Gasteiger partial charge in [0.05, 0.1) is 5.69 Å². The highest BCUT2D eigenvalue weighted by atomic mass is 16.5. The normalized spacial score (nSPS) is 10.5. The van der Waals surface area contributed by atoms with Crippen LogP contribution in [0.25, 0.3) is 5.82 Å². The van der Waals surface area contributed by atoms with E-state index in [1.165, 1.54) is 0 Å². The molecule has 0 fully saturated rings. The lowest BCUT2D eigenvalue weighted by atomic mass is 10.3. The number of carbonyl (C=O) groups is 1. The van der Waals surface area contributed by atoms with E-state index in [-0.39, 0.29) is 12.0 Å². The summed E-state index contributed by atoms with van der Waals surface area (Å²) in [6.45, 7) is 4.26. The van der Waals surface area contributed by atoms with Gasteiger partial charge >= 0.3 is 12.0 Å². The van der Waals surface area contributed by atoms with Crippen LogP contribution in [-0.2, 0) is 6.54 Å². The first-order chi connectivity index (χ1) is 15.1. The number of amides is 2. The molecule has 0 aliphatic heterocycles. The Morgan fingerprint density at radius 2 is 1.87 bits per heavy atom. The summed E-state index contributed by atoms with van der Waals surface area (Å²) in [5.74, 6) is 1.26. The summed E-state index contributed by atoms with van der Waals surface area (Å²) >= 11 is 0. The summed E-state index contributed by atoms with van der Waals surface area (Å²) < 4.78 is 7.36. The molecule has 0 spiro atoms. The van der Waals surface area contributed by atoms with Crippen molar-refractivity contribution in [1.82, 2.24) is 30.0 Å². The van der Waals surface area contributed by atoms with E-state index in [4.69, 9.17) is 4.74 Å². The van der Waals surface area contributed by atoms with Crippen molar-refractivity contribution in [2.24, 2.45) is 0 Å². The lowest BCUT2D eigenvalue weighted by molar-refractivity contribution is 0.251. The average molecular weight is 415 g/mol. The number of urea groups is 1. The zero-order chi connectivity index (χ0) is 21.6. The first-order valence-corrected chi connectivity index (χ1v) is 9.65. The molecule has 4 aromatic rings. The molecule has 156 valence electrons. The third kappa shape index (κ3) is 5.21. The molecule has 3 heterocycles. The van der Waals surface area contributed by atoms with Gasteiger partial charge in [-0.05, 0) is 49.7 Å². The average Bonchev–Trinajstić information content (AvgIpc) is 3.11. The lowest BCUT2D eigenvalue weighted by Gasteiger charge is -2.10. The van der Waals surface area contributed by atoms with E-state index in [2.05, 4.69) is 30.7 Å². The summed E-state index contributed by atoms with van der Waals surface area (Å²) in [5, 5.41) is 10.0. The van der Waals surface area contributed by atoms with E-state index >= 15 is 0 Å². The second kappa shape index (κ2) is 9.04. The van der Waals surface area contributed by atoms with Crippen molar-refractivity contribution < 1.29 is 9.53 Å². The molecule has 0 aliphatic carbocycles. The Morgan fingerprint density at radius 1 is 1.03 bits per heavy atom. The fourth-order valence-corrected chi connectivity index (χ4v) is 2.95. The number of nitrogens with zero attached hydrogens (tertiary/aromatic N) is 5. The molecule has 2 amide bonds. The fraction of sp³-hybridized carbons (Fsp3) is 0.136. The Bertz CT molecular complexity index is 1170. The van der Waals surface area contributed by atoms with Gasteiger partial charge in [0.25, 0.3) is 0 Å². The Morgan fingerprint density at radius 3 is 2.58 bits per heavy atom. The van der Waals surface area contributed by atoms with Crippen LogP contribution in [0.3, 0.4) is 0 Å². The number of aromatic nitrogens is 5. The van der Waals surface area contributed by atoms with Gasteiger partial charge in [-0.1, -0.05) is 12.1 Å². The first kappa shape index (κ1) is 20.0. The molecule has 0 unspecified atom stereocenters. The molecule has 9 heteroatoms. The Kier molecular flexibility index (Phi) is 5.84. The predicted octanol–water partition coefficient (Wildman–Crippen LogP) is 3.79. The van der Waals surface area contributed by atoms with Gasteiger partial charge in [-0.3, -0.25) is 0 Å². The van der Waals surface area contributed by atoms with Gasteiger partial charge in [-0.25, -0.2) is 24.4 Å². The van der Waals surface area contributed by atoms with Gasteiger partial charge in [0.2, 0.25) is 0 Å². The molecule has 9 nitrogen and oxygen atoms in total. The van der Waals surface area contributed by atoms with Crippen molar-refractivity contribution in [3.63, 3.8) is 0 Å². The van der Waals surface area contributed by atoms with E-state index in [1.807, 2.05) is 32.0 Å². The van der Waals surface area contributed by atoms with Crippen molar-refractivity contribution in [2.45, 2.75) is 20.4 Å². The van der Waals surface area contributed by atoms with E-state index in [9.17, 15) is 4.79 Å². The molecule has 0 bridgehead atoms. The summed E-state index contributed by atoms with van der Waals surface area (Å²) in [6, 6.07) is 14.4. The summed E-state index contributed by atoms with van der Waals surface area (Å²) in [5.41, 5.74) is 3.41. The number of carbonyl (C=O) groups excluding carboxylic acids is 1. The Labute approximate surface area is 179 Å². The summed E-state index contributed by atoms with van der Waals surface area (Å²) in [6.07, 6.45) is 4.91. The Balaban J connectivity index is 1.32.